The molecule has 112 valence electrons. The quantitative estimate of drug-likeness (QED) is 0.914. The highest BCUT2D eigenvalue weighted by Gasteiger charge is 2.25. The number of carbonyl (C=O) groups is 1. The number of nitrogens with one attached hydrogen (secondary N) is 2. The number of furan rings is 1. The summed E-state index contributed by atoms with van der Waals surface area (Å²) in [6, 6.07) is 4.10. The summed E-state index contributed by atoms with van der Waals surface area (Å²) in [7, 11) is 0. The van der Waals surface area contributed by atoms with Gasteiger partial charge in [0, 0.05) is 10.9 Å². The molecule has 1 amide bonds. The molecule has 21 heavy (non-hydrogen) atoms. The lowest BCUT2D eigenvalue weighted by atomic mass is 10.1. The minimum absolute atomic E-state index is 0.00830. The maximum absolute atomic E-state index is 13.3. The van der Waals surface area contributed by atoms with Crippen LogP contribution in [0.2, 0.25) is 0 Å². The van der Waals surface area contributed by atoms with E-state index in [9.17, 15) is 9.18 Å². The van der Waals surface area contributed by atoms with Crippen LogP contribution in [0.5, 0.6) is 0 Å². The Hall–Kier alpha value is -1.88. The van der Waals surface area contributed by atoms with Gasteiger partial charge in [-0.1, -0.05) is 0 Å². The Morgan fingerprint density at radius 2 is 2.33 bits per heavy atom. The average molecular weight is 290 g/mol. The van der Waals surface area contributed by atoms with E-state index >= 15 is 0 Å². The van der Waals surface area contributed by atoms with Crippen molar-refractivity contribution in [3.05, 3.63) is 35.3 Å². The van der Waals surface area contributed by atoms with E-state index in [4.69, 9.17) is 4.42 Å². The number of rotatable bonds is 3. The number of hydrogen-bond donors (Lipinski definition) is 2. The van der Waals surface area contributed by atoms with Gasteiger partial charge < -0.3 is 15.1 Å². The molecule has 1 fully saturated rings. The van der Waals surface area contributed by atoms with Gasteiger partial charge in [-0.15, -0.1) is 0 Å². The van der Waals surface area contributed by atoms with Crippen molar-refractivity contribution >= 4 is 16.9 Å². The highest BCUT2D eigenvalue weighted by Crippen LogP contribution is 2.30. The molecule has 2 N–H and O–H groups in total. The van der Waals surface area contributed by atoms with Gasteiger partial charge in [-0.2, -0.15) is 0 Å². The van der Waals surface area contributed by atoms with Gasteiger partial charge in [-0.25, -0.2) is 4.39 Å². The van der Waals surface area contributed by atoms with Gasteiger partial charge >= 0.3 is 0 Å². The molecular weight excluding hydrogens is 271 g/mol. The van der Waals surface area contributed by atoms with E-state index in [1.807, 2.05) is 13.8 Å². The van der Waals surface area contributed by atoms with Crippen LogP contribution in [0, 0.1) is 12.7 Å². The number of amides is 1. The lowest BCUT2D eigenvalue weighted by molar-refractivity contribution is -0.123. The highest BCUT2D eigenvalue weighted by molar-refractivity contribution is 5.84. The number of hydrogen-bond acceptors (Lipinski definition) is 3. The molecule has 1 aliphatic rings. The molecule has 0 spiro atoms. The minimum Gasteiger partial charge on any atom is -0.459 e. The molecule has 0 saturated carbocycles. The van der Waals surface area contributed by atoms with Crippen LogP contribution >= 0.6 is 0 Å². The Labute approximate surface area is 122 Å². The van der Waals surface area contributed by atoms with Crippen LogP contribution in [0.25, 0.3) is 11.0 Å². The van der Waals surface area contributed by atoms with Gasteiger partial charge in [0.05, 0.1) is 12.1 Å². The fourth-order valence-electron chi connectivity index (χ4n) is 2.91. The van der Waals surface area contributed by atoms with Crippen molar-refractivity contribution in [3.8, 4) is 0 Å². The summed E-state index contributed by atoms with van der Waals surface area (Å²) in [5.41, 5.74) is 1.51. The average Bonchev–Trinajstić information content (AvgIpc) is 3.08. The summed E-state index contributed by atoms with van der Waals surface area (Å²) in [6.07, 6.45) is 1.89. The van der Waals surface area contributed by atoms with Crippen LogP contribution in [0.15, 0.2) is 22.6 Å². The third kappa shape index (κ3) is 2.65. The van der Waals surface area contributed by atoms with Crippen LogP contribution in [0.1, 0.15) is 37.1 Å². The molecule has 0 radical (unpaired) electrons. The second-order valence-corrected chi connectivity index (χ2v) is 5.61. The first-order valence-corrected chi connectivity index (χ1v) is 7.28. The van der Waals surface area contributed by atoms with Crippen molar-refractivity contribution in [2.24, 2.45) is 0 Å². The van der Waals surface area contributed by atoms with Crippen molar-refractivity contribution in [1.29, 1.82) is 0 Å². The molecule has 3 rings (SSSR count). The predicted octanol–water partition coefficient (Wildman–Crippen LogP) is 2.81. The molecule has 2 aromatic rings. The zero-order chi connectivity index (χ0) is 15.0. The van der Waals surface area contributed by atoms with Crippen molar-refractivity contribution in [3.63, 3.8) is 0 Å². The van der Waals surface area contributed by atoms with Crippen molar-refractivity contribution in [1.82, 2.24) is 10.6 Å². The van der Waals surface area contributed by atoms with Gasteiger partial charge in [0.15, 0.2) is 0 Å². The SMILES string of the molecule is Cc1c(C(C)NC(=O)C2CCCN2)oc2ccc(F)cc12. The monoisotopic (exact) mass is 290 g/mol. The fraction of sp³-hybridized carbons (Fsp3) is 0.438. The maximum Gasteiger partial charge on any atom is 0.237 e. The number of halogens is 1. The molecule has 2 heterocycles. The molecular formula is C16H19FN2O2. The Bertz CT molecular complexity index is 674. The Morgan fingerprint density at radius 1 is 1.52 bits per heavy atom. The van der Waals surface area contributed by atoms with Crippen LogP contribution in [-0.4, -0.2) is 18.5 Å². The number of aryl methyl sites for hydroxylation is 1. The summed E-state index contributed by atoms with van der Waals surface area (Å²) in [6.45, 7) is 4.65. The van der Waals surface area contributed by atoms with Crippen LogP contribution < -0.4 is 10.6 Å². The number of carbonyl (C=O) groups excluding carboxylic acids is 1. The van der Waals surface area contributed by atoms with Crippen LogP contribution in [0.4, 0.5) is 4.39 Å². The molecule has 1 aromatic heterocycles. The maximum atomic E-state index is 13.3. The first-order valence-electron chi connectivity index (χ1n) is 7.28. The molecule has 2 atom stereocenters. The van der Waals surface area contributed by atoms with Gasteiger partial charge in [0.25, 0.3) is 0 Å². The molecule has 0 aliphatic carbocycles. The fourth-order valence-corrected chi connectivity index (χ4v) is 2.91. The summed E-state index contributed by atoms with van der Waals surface area (Å²) in [4.78, 5) is 12.1. The van der Waals surface area contributed by atoms with Gasteiger partial charge in [-0.05, 0) is 51.4 Å². The Kier molecular flexibility index (Phi) is 3.68. The third-order valence-corrected chi connectivity index (χ3v) is 4.06. The van der Waals surface area contributed by atoms with Gasteiger partial charge in [0.2, 0.25) is 5.91 Å². The lowest BCUT2D eigenvalue weighted by Crippen LogP contribution is -2.41. The van der Waals surface area contributed by atoms with E-state index in [1.54, 1.807) is 6.07 Å². The molecule has 1 aromatic carbocycles. The van der Waals surface area contributed by atoms with E-state index in [0.29, 0.717) is 11.3 Å². The van der Waals surface area contributed by atoms with E-state index in [1.165, 1.54) is 12.1 Å². The summed E-state index contributed by atoms with van der Waals surface area (Å²) in [5, 5.41) is 6.89. The predicted molar refractivity (Wildman–Crippen MR) is 78.5 cm³/mol. The molecule has 1 saturated heterocycles. The lowest BCUT2D eigenvalue weighted by Gasteiger charge is -2.16. The van der Waals surface area contributed by atoms with E-state index < -0.39 is 0 Å². The third-order valence-electron chi connectivity index (χ3n) is 4.06. The van der Waals surface area contributed by atoms with Gasteiger partial charge in [-0.3, -0.25) is 4.79 Å². The standard InChI is InChI=1S/C16H19FN2O2/c1-9-12-8-11(17)5-6-14(12)21-15(9)10(2)19-16(20)13-4-3-7-18-13/h5-6,8,10,13,18H,3-4,7H2,1-2H3,(H,19,20). The minimum atomic E-state index is -0.287. The molecule has 2 unspecified atom stereocenters. The number of fused-ring (bicyclic) bond motifs is 1. The van der Waals surface area contributed by atoms with Crippen LogP contribution in [-0.2, 0) is 4.79 Å². The van der Waals surface area contributed by atoms with Gasteiger partial charge in [0.1, 0.15) is 17.2 Å². The normalized spacial score (nSPS) is 19.9. The highest BCUT2D eigenvalue weighted by atomic mass is 19.1. The van der Waals surface area contributed by atoms with Crippen molar-refractivity contribution < 1.29 is 13.6 Å². The molecule has 4 nitrogen and oxygen atoms in total. The first-order chi connectivity index (χ1) is 10.1. The van der Waals surface area contributed by atoms with E-state index in [2.05, 4.69) is 10.6 Å². The Morgan fingerprint density at radius 3 is 3.05 bits per heavy atom. The van der Waals surface area contributed by atoms with E-state index in [-0.39, 0.29) is 23.8 Å². The largest absolute Gasteiger partial charge is 0.459 e. The van der Waals surface area contributed by atoms with Crippen molar-refractivity contribution in [2.75, 3.05) is 6.54 Å². The zero-order valence-electron chi connectivity index (χ0n) is 12.2. The molecule has 1 aliphatic heterocycles. The number of benzene rings is 1. The second-order valence-electron chi connectivity index (χ2n) is 5.61. The molecule has 5 heteroatoms. The first kappa shape index (κ1) is 14.1. The summed E-state index contributed by atoms with van der Waals surface area (Å²) in [5.74, 6) is 0.387. The summed E-state index contributed by atoms with van der Waals surface area (Å²) < 4.78 is 19.1. The van der Waals surface area contributed by atoms with E-state index in [0.717, 1.165) is 30.3 Å². The molecule has 0 bridgehead atoms. The summed E-state index contributed by atoms with van der Waals surface area (Å²) >= 11 is 0. The van der Waals surface area contributed by atoms with Crippen LogP contribution in [0.3, 0.4) is 0 Å². The Balaban J connectivity index is 1.82. The second kappa shape index (κ2) is 5.48. The smallest absolute Gasteiger partial charge is 0.237 e. The zero-order valence-corrected chi connectivity index (χ0v) is 12.2. The topological polar surface area (TPSA) is 54.3 Å². The van der Waals surface area contributed by atoms with Crippen molar-refractivity contribution in [2.45, 2.75) is 38.8 Å².